The molecule has 3 rings (SSSR count). The summed E-state index contributed by atoms with van der Waals surface area (Å²) < 4.78 is 5.39. The van der Waals surface area contributed by atoms with E-state index in [0.29, 0.717) is 11.5 Å². The van der Waals surface area contributed by atoms with Gasteiger partial charge in [0.25, 0.3) is 5.91 Å². The van der Waals surface area contributed by atoms with Crippen LogP contribution >= 0.6 is 0 Å². The van der Waals surface area contributed by atoms with Gasteiger partial charge in [-0.1, -0.05) is 56.3 Å². The van der Waals surface area contributed by atoms with Crippen molar-refractivity contribution in [3.63, 3.8) is 0 Å². The van der Waals surface area contributed by atoms with Crippen molar-refractivity contribution in [2.75, 3.05) is 26.3 Å². The summed E-state index contributed by atoms with van der Waals surface area (Å²) in [5.41, 5.74) is 3.10. The third-order valence-electron chi connectivity index (χ3n) is 4.94. The van der Waals surface area contributed by atoms with E-state index in [1.165, 1.54) is 5.56 Å². The van der Waals surface area contributed by atoms with E-state index >= 15 is 0 Å². The molecule has 1 heterocycles. The molecule has 2 aromatic carbocycles. The molecule has 1 atom stereocenters. The van der Waals surface area contributed by atoms with E-state index in [1.807, 2.05) is 30.3 Å². The molecule has 0 unspecified atom stereocenters. The van der Waals surface area contributed by atoms with Crippen LogP contribution < -0.4 is 5.32 Å². The van der Waals surface area contributed by atoms with Crippen LogP contribution in [0.15, 0.2) is 54.6 Å². The highest BCUT2D eigenvalue weighted by Crippen LogP contribution is 2.22. The number of nitrogens with one attached hydrogen (secondary N) is 1. The summed E-state index contributed by atoms with van der Waals surface area (Å²) in [5, 5.41) is 3.22. The molecule has 4 nitrogen and oxygen atoms in total. The van der Waals surface area contributed by atoms with Gasteiger partial charge in [-0.25, -0.2) is 0 Å². The Bertz CT molecular complexity index is 707. The molecular formula is C23H30N2O2. The molecule has 0 bridgehead atoms. The summed E-state index contributed by atoms with van der Waals surface area (Å²) in [4.78, 5) is 15.2. The van der Waals surface area contributed by atoms with Crippen LogP contribution in [-0.4, -0.2) is 37.1 Å². The van der Waals surface area contributed by atoms with Crippen molar-refractivity contribution in [1.82, 2.24) is 10.2 Å². The van der Waals surface area contributed by atoms with E-state index in [-0.39, 0.29) is 11.9 Å². The molecule has 2 aromatic rings. The summed E-state index contributed by atoms with van der Waals surface area (Å²) in [6, 6.07) is 18.2. The van der Waals surface area contributed by atoms with Gasteiger partial charge in [0.05, 0.1) is 19.3 Å². The van der Waals surface area contributed by atoms with Crippen molar-refractivity contribution in [3.05, 3.63) is 71.3 Å². The minimum Gasteiger partial charge on any atom is -0.379 e. The maximum Gasteiger partial charge on any atom is 0.251 e. The zero-order valence-electron chi connectivity index (χ0n) is 16.4. The Kier molecular flexibility index (Phi) is 7.02. The van der Waals surface area contributed by atoms with Crippen LogP contribution in [0, 0.1) is 5.92 Å². The van der Waals surface area contributed by atoms with Crippen molar-refractivity contribution in [3.8, 4) is 0 Å². The average Bonchev–Trinajstić information content (AvgIpc) is 2.69. The van der Waals surface area contributed by atoms with Crippen molar-refractivity contribution in [2.24, 2.45) is 5.92 Å². The lowest BCUT2D eigenvalue weighted by Crippen LogP contribution is -2.35. The largest absolute Gasteiger partial charge is 0.379 e. The highest BCUT2D eigenvalue weighted by atomic mass is 16.5. The maximum absolute atomic E-state index is 12.8. The number of hydrogen-bond acceptors (Lipinski definition) is 3. The molecule has 1 aliphatic heterocycles. The average molecular weight is 367 g/mol. The summed E-state index contributed by atoms with van der Waals surface area (Å²) in [6.07, 6.45) is 0.921. The number of hydrogen-bond donors (Lipinski definition) is 1. The molecular weight excluding hydrogens is 336 g/mol. The Morgan fingerprint density at radius 1 is 1.04 bits per heavy atom. The van der Waals surface area contributed by atoms with Crippen LogP contribution in [-0.2, 0) is 11.3 Å². The molecule has 1 fully saturated rings. The first-order valence-electron chi connectivity index (χ1n) is 9.86. The Labute approximate surface area is 162 Å². The first kappa shape index (κ1) is 19.6. The topological polar surface area (TPSA) is 41.6 Å². The second-order valence-corrected chi connectivity index (χ2v) is 7.65. The SMILES string of the molecule is CC(C)C[C@H](NC(=O)c1ccc(CN2CCOCC2)cc1)c1ccccc1. The number of carbonyl (C=O) groups is 1. The van der Waals surface area contributed by atoms with Crippen LogP contribution in [0.1, 0.15) is 47.8 Å². The van der Waals surface area contributed by atoms with Crippen LogP contribution in [0.3, 0.4) is 0 Å². The molecule has 1 aliphatic rings. The molecule has 144 valence electrons. The van der Waals surface area contributed by atoms with Gasteiger partial charge in [0.15, 0.2) is 0 Å². The quantitative estimate of drug-likeness (QED) is 0.804. The molecule has 0 radical (unpaired) electrons. The smallest absolute Gasteiger partial charge is 0.251 e. The van der Waals surface area contributed by atoms with E-state index in [0.717, 1.165) is 44.8 Å². The Morgan fingerprint density at radius 2 is 1.70 bits per heavy atom. The molecule has 4 heteroatoms. The maximum atomic E-state index is 12.8. The normalized spacial score (nSPS) is 16.3. The number of benzene rings is 2. The van der Waals surface area contributed by atoms with E-state index in [9.17, 15) is 4.79 Å². The number of nitrogens with zero attached hydrogens (tertiary/aromatic N) is 1. The van der Waals surface area contributed by atoms with Gasteiger partial charge in [0, 0.05) is 25.2 Å². The number of carbonyl (C=O) groups excluding carboxylic acids is 1. The zero-order valence-corrected chi connectivity index (χ0v) is 16.4. The minimum atomic E-state index is -0.0116. The van der Waals surface area contributed by atoms with Gasteiger partial charge < -0.3 is 10.1 Å². The molecule has 0 aliphatic carbocycles. The van der Waals surface area contributed by atoms with Crippen LogP contribution in [0.2, 0.25) is 0 Å². The summed E-state index contributed by atoms with van der Waals surface area (Å²) in [7, 11) is 0. The van der Waals surface area contributed by atoms with Gasteiger partial charge >= 0.3 is 0 Å². The number of amides is 1. The molecule has 27 heavy (non-hydrogen) atoms. The predicted octanol–water partition coefficient (Wildman–Crippen LogP) is 4.04. The van der Waals surface area contributed by atoms with E-state index in [4.69, 9.17) is 4.74 Å². The lowest BCUT2D eigenvalue weighted by atomic mass is 9.96. The predicted molar refractivity (Wildman–Crippen MR) is 109 cm³/mol. The second kappa shape index (κ2) is 9.67. The monoisotopic (exact) mass is 366 g/mol. The van der Waals surface area contributed by atoms with Gasteiger partial charge in [-0.3, -0.25) is 9.69 Å². The molecule has 1 N–H and O–H groups in total. The van der Waals surface area contributed by atoms with Crippen LogP contribution in [0.5, 0.6) is 0 Å². The fourth-order valence-electron chi connectivity index (χ4n) is 3.46. The Morgan fingerprint density at radius 3 is 2.33 bits per heavy atom. The molecule has 0 aromatic heterocycles. The fraction of sp³-hybridized carbons (Fsp3) is 0.435. The van der Waals surface area contributed by atoms with E-state index in [2.05, 4.69) is 48.3 Å². The fourth-order valence-corrected chi connectivity index (χ4v) is 3.46. The number of rotatable bonds is 7. The van der Waals surface area contributed by atoms with Crippen LogP contribution in [0.4, 0.5) is 0 Å². The Balaban J connectivity index is 1.63. The molecule has 0 spiro atoms. The standard InChI is InChI=1S/C23H30N2O2/c1-18(2)16-22(20-6-4-3-5-7-20)24-23(26)21-10-8-19(9-11-21)17-25-12-14-27-15-13-25/h3-11,18,22H,12-17H2,1-2H3,(H,24,26)/t22-/m0/s1. The third-order valence-corrected chi connectivity index (χ3v) is 4.94. The highest BCUT2D eigenvalue weighted by molar-refractivity contribution is 5.94. The second-order valence-electron chi connectivity index (χ2n) is 7.65. The highest BCUT2D eigenvalue weighted by Gasteiger charge is 2.17. The van der Waals surface area contributed by atoms with Crippen molar-refractivity contribution >= 4 is 5.91 Å². The van der Waals surface area contributed by atoms with Crippen molar-refractivity contribution in [2.45, 2.75) is 32.9 Å². The van der Waals surface area contributed by atoms with Crippen LogP contribution in [0.25, 0.3) is 0 Å². The molecule has 1 saturated heterocycles. The zero-order chi connectivity index (χ0) is 19.1. The first-order valence-corrected chi connectivity index (χ1v) is 9.86. The minimum absolute atomic E-state index is 0.0116. The Hall–Kier alpha value is -2.17. The van der Waals surface area contributed by atoms with Gasteiger partial charge in [-0.2, -0.15) is 0 Å². The first-order chi connectivity index (χ1) is 13.1. The number of morpholine rings is 1. The summed E-state index contributed by atoms with van der Waals surface area (Å²) in [6.45, 7) is 8.82. The lowest BCUT2D eigenvalue weighted by molar-refractivity contribution is 0.0342. The van der Waals surface area contributed by atoms with Gasteiger partial charge in [0.1, 0.15) is 0 Å². The third kappa shape index (κ3) is 5.91. The van der Waals surface area contributed by atoms with E-state index in [1.54, 1.807) is 0 Å². The molecule has 1 amide bonds. The molecule has 0 saturated carbocycles. The lowest BCUT2D eigenvalue weighted by Gasteiger charge is -2.26. The van der Waals surface area contributed by atoms with Crippen molar-refractivity contribution in [1.29, 1.82) is 0 Å². The van der Waals surface area contributed by atoms with Gasteiger partial charge in [0.2, 0.25) is 0 Å². The van der Waals surface area contributed by atoms with Gasteiger partial charge in [-0.15, -0.1) is 0 Å². The van der Waals surface area contributed by atoms with Gasteiger partial charge in [-0.05, 0) is 35.6 Å². The summed E-state index contributed by atoms with van der Waals surface area (Å²) >= 11 is 0. The van der Waals surface area contributed by atoms with Crippen molar-refractivity contribution < 1.29 is 9.53 Å². The van der Waals surface area contributed by atoms with E-state index < -0.39 is 0 Å². The number of ether oxygens (including phenoxy) is 1. The summed E-state index contributed by atoms with van der Waals surface area (Å²) in [5.74, 6) is 0.494.